The van der Waals surface area contributed by atoms with Crippen LogP contribution in [-0.4, -0.2) is 17.1 Å². The van der Waals surface area contributed by atoms with E-state index in [-0.39, 0.29) is 12.2 Å². The Balaban J connectivity index is 1.48. The standard InChI is InChI=1S/C30H28N2O4S2/c1-3-4-16-35-23-14-12-21(13-15-23)18-25-28(33)32-27(24-11-8-17-37-24)26(20(2)31-30(32)38-25)29(34)36-19-22-9-6-5-7-10-22/h5-15,17-18,27H,3-4,16,19H2,1-2H3. The average Bonchev–Trinajstić information content (AvgIpc) is 3.57. The number of benzene rings is 2. The Hall–Kier alpha value is -3.75. The Bertz CT molecular complexity index is 1620. The zero-order chi connectivity index (χ0) is 26.5. The minimum atomic E-state index is -0.592. The Morgan fingerprint density at radius 2 is 1.87 bits per heavy atom. The highest BCUT2D eigenvalue weighted by atomic mass is 32.1. The lowest BCUT2D eigenvalue weighted by Gasteiger charge is -2.23. The van der Waals surface area contributed by atoms with Gasteiger partial charge < -0.3 is 9.47 Å². The van der Waals surface area contributed by atoms with Crippen LogP contribution in [0.15, 0.2) is 93.2 Å². The lowest BCUT2D eigenvalue weighted by molar-refractivity contribution is -0.140. The Morgan fingerprint density at radius 1 is 1.08 bits per heavy atom. The second-order valence-corrected chi connectivity index (χ2v) is 10.9. The average molecular weight is 545 g/mol. The number of carbonyl (C=O) groups excluding carboxylic acids is 1. The van der Waals surface area contributed by atoms with Crippen LogP contribution in [0.25, 0.3) is 6.08 Å². The number of hydrogen-bond acceptors (Lipinski definition) is 7. The Morgan fingerprint density at radius 3 is 2.58 bits per heavy atom. The van der Waals surface area contributed by atoms with Crippen molar-refractivity contribution in [1.82, 2.24) is 4.57 Å². The van der Waals surface area contributed by atoms with Crippen LogP contribution in [0.4, 0.5) is 0 Å². The highest BCUT2D eigenvalue weighted by molar-refractivity contribution is 7.10. The quantitative estimate of drug-likeness (QED) is 0.214. The third-order valence-electron chi connectivity index (χ3n) is 6.21. The van der Waals surface area contributed by atoms with Crippen molar-refractivity contribution in [3.8, 4) is 5.75 Å². The normalized spacial score (nSPS) is 15.2. The Labute approximate surface area is 228 Å². The molecular formula is C30H28N2O4S2. The molecule has 2 aromatic carbocycles. The van der Waals surface area contributed by atoms with Gasteiger partial charge in [-0.15, -0.1) is 11.3 Å². The molecule has 4 aromatic rings. The first-order valence-electron chi connectivity index (χ1n) is 12.5. The van der Waals surface area contributed by atoms with Crippen molar-refractivity contribution >= 4 is 34.7 Å². The molecule has 6 nitrogen and oxygen atoms in total. The van der Waals surface area contributed by atoms with Gasteiger partial charge in [-0.25, -0.2) is 9.79 Å². The van der Waals surface area contributed by atoms with E-state index in [1.807, 2.05) is 78.2 Å². The van der Waals surface area contributed by atoms with Crippen LogP contribution in [0.5, 0.6) is 5.75 Å². The molecule has 0 radical (unpaired) electrons. The molecular weight excluding hydrogens is 516 g/mol. The molecule has 2 aromatic heterocycles. The highest BCUT2D eigenvalue weighted by Gasteiger charge is 2.34. The lowest BCUT2D eigenvalue weighted by Crippen LogP contribution is -2.39. The second-order valence-electron chi connectivity index (χ2n) is 8.93. The van der Waals surface area contributed by atoms with E-state index >= 15 is 0 Å². The fourth-order valence-electron chi connectivity index (χ4n) is 4.25. The van der Waals surface area contributed by atoms with Crippen LogP contribution in [0.1, 0.15) is 48.7 Å². The van der Waals surface area contributed by atoms with Crippen LogP contribution in [-0.2, 0) is 16.1 Å². The predicted molar refractivity (Wildman–Crippen MR) is 151 cm³/mol. The molecule has 1 aliphatic rings. The first kappa shape index (κ1) is 25.9. The summed E-state index contributed by atoms with van der Waals surface area (Å²) in [7, 11) is 0. The number of unbranched alkanes of at least 4 members (excludes halogenated alkanes) is 1. The molecule has 0 aliphatic carbocycles. The number of thiophene rings is 1. The molecule has 0 bridgehead atoms. The number of ether oxygens (including phenoxy) is 2. The highest BCUT2D eigenvalue weighted by Crippen LogP contribution is 2.33. The monoisotopic (exact) mass is 544 g/mol. The number of thiazole rings is 1. The van der Waals surface area contributed by atoms with Gasteiger partial charge in [-0.1, -0.05) is 73.2 Å². The molecule has 194 valence electrons. The zero-order valence-electron chi connectivity index (χ0n) is 21.3. The van der Waals surface area contributed by atoms with E-state index in [0.29, 0.717) is 27.2 Å². The largest absolute Gasteiger partial charge is 0.494 e. The third kappa shape index (κ3) is 5.56. The number of rotatable bonds is 9. The summed E-state index contributed by atoms with van der Waals surface area (Å²) >= 11 is 2.82. The van der Waals surface area contributed by atoms with Gasteiger partial charge in [0.25, 0.3) is 5.56 Å². The van der Waals surface area contributed by atoms with Gasteiger partial charge in [-0.05, 0) is 54.1 Å². The number of hydrogen-bond donors (Lipinski definition) is 0. The summed E-state index contributed by atoms with van der Waals surface area (Å²) in [6.45, 7) is 4.76. The van der Waals surface area contributed by atoms with Crippen molar-refractivity contribution in [3.05, 3.63) is 119 Å². The van der Waals surface area contributed by atoms with Crippen molar-refractivity contribution < 1.29 is 14.3 Å². The molecule has 0 amide bonds. The zero-order valence-corrected chi connectivity index (χ0v) is 22.9. The number of allylic oxidation sites excluding steroid dienone is 1. The third-order valence-corrected chi connectivity index (χ3v) is 8.12. The smallest absolute Gasteiger partial charge is 0.338 e. The van der Waals surface area contributed by atoms with Gasteiger partial charge in [-0.2, -0.15) is 0 Å². The number of fused-ring (bicyclic) bond motifs is 1. The minimum Gasteiger partial charge on any atom is -0.494 e. The number of aromatic nitrogens is 1. The second kappa shape index (κ2) is 11.8. The van der Waals surface area contributed by atoms with Crippen molar-refractivity contribution in [2.75, 3.05) is 6.61 Å². The summed E-state index contributed by atoms with van der Waals surface area (Å²) in [6, 6.07) is 20.5. The van der Waals surface area contributed by atoms with Crippen molar-refractivity contribution in [2.24, 2.45) is 4.99 Å². The van der Waals surface area contributed by atoms with E-state index in [4.69, 9.17) is 9.47 Å². The van der Waals surface area contributed by atoms with Gasteiger partial charge in [0.05, 0.1) is 22.4 Å². The van der Waals surface area contributed by atoms with Gasteiger partial charge in [0, 0.05) is 4.88 Å². The van der Waals surface area contributed by atoms with E-state index < -0.39 is 12.0 Å². The van der Waals surface area contributed by atoms with E-state index in [1.165, 1.54) is 22.7 Å². The molecule has 1 atom stereocenters. The molecule has 0 saturated heterocycles. The summed E-state index contributed by atoms with van der Waals surface area (Å²) in [5.74, 6) is 0.338. The maximum atomic E-state index is 13.7. The lowest BCUT2D eigenvalue weighted by atomic mass is 10.0. The topological polar surface area (TPSA) is 69.9 Å². The van der Waals surface area contributed by atoms with Gasteiger partial charge in [-0.3, -0.25) is 9.36 Å². The molecule has 1 unspecified atom stereocenters. The summed E-state index contributed by atoms with van der Waals surface area (Å²) in [5.41, 5.74) is 2.55. The first-order valence-corrected chi connectivity index (χ1v) is 14.2. The molecule has 38 heavy (non-hydrogen) atoms. The molecule has 0 saturated carbocycles. The Kier molecular flexibility index (Phi) is 8.00. The van der Waals surface area contributed by atoms with Gasteiger partial charge in [0.2, 0.25) is 0 Å². The molecule has 0 spiro atoms. The van der Waals surface area contributed by atoms with E-state index in [9.17, 15) is 9.59 Å². The maximum Gasteiger partial charge on any atom is 0.338 e. The van der Waals surface area contributed by atoms with Gasteiger partial charge in [0.1, 0.15) is 18.4 Å². The number of nitrogens with zero attached hydrogens (tertiary/aromatic N) is 2. The molecule has 0 N–H and O–H groups in total. The summed E-state index contributed by atoms with van der Waals surface area (Å²) in [4.78, 5) is 33.2. The molecule has 0 fully saturated rings. The van der Waals surface area contributed by atoms with Crippen LogP contribution in [0.2, 0.25) is 0 Å². The van der Waals surface area contributed by atoms with E-state index in [2.05, 4.69) is 11.9 Å². The summed E-state index contributed by atoms with van der Waals surface area (Å²) in [6.07, 6.45) is 3.95. The van der Waals surface area contributed by atoms with E-state index in [0.717, 1.165) is 34.6 Å². The van der Waals surface area contributed by atoms with Crippen molar-refractivity contribution in [2.45, 2.75) is 39.3 Å². The van der Waals surface area contributed by atoms with Crippen molar-refractivity contribution in [1.29, 1.82) is 0 Å². The molecule has 1 aliphatic heterocycles. The van der Waals surface area contributed by atoms with E-state index in [1.54, 1.807) is 11.5 Å². The van der Waals surface area contributed by atoms with Crippen LogP contribution < -0.4 is 19.6 Å². The SMILES string of the molecule is CCCCOc1ccc(C=c2sc3n(c2=O)C(c2cccs2)C(C(=O)OCc2ccccc2)=C(C)N=3)cc1. The number of carbonyl (C=O) groups is 1. The summed E-state index contributed by atoms with van der Waals surface area (Å²) in [5, 5.41) is 1.94. The predicted octanol–water partition coefficient (Wildman–Crippen LogP) is 5.22. The van der Waals surface area contributed by atoms with Crippen LogP contribution in [0.3, 0.4) is 0 Å². The van der Waals surface area contributed by atoms with Crippen molar-refractivity contribution in [3.63, 3.8) is 0 Å². The van der Waals surface area contributed by atoms with Crippen LogP contribution >= 0.6 is 22.7 Å². The summed E-state index contributed by atoms with van der Waals surface area (Å²) < 4.78 is 13.6. The number of esters is 1. The maximum absolute atomic E-state index is 13.7. The van der Waals surface area contributed by atoms with Gasteiger partial charge >= 0.3 is 5.97 Å². The first-order chi connectivity index (χ1) is 18.5. The fraction of sp³-hybridized carbons (Fsp3) is 0.233. The molecule has 3 heterocycles. The minimum absolute atomic E-state index is 0.149. The molecule has 5 rings (SSSR count). The van der Waals surface area contributed by atoms with Crippen LogP contribution in [0, 0.1) is 0 Å². The fourth-order valence-corrected chi connectivity index (χ4v) is 6.12. The van der Waals surface area contributed by atoms with Gasteiger partial charge in [0.15, 0.2) is 4.80 Å². The molecule has 8 heteroatoms.